The molecule has 7 heteroatoms. The lowest BCUT2D eigenvalue weighted by Crippen LogP contribution is -2.55. The summed E-state index contributed by atoms with van der Waals surface area (Å²) in [5, 5.41) is 3.10. The predicted octanol–water partition coefficient (Wildman–Crippen LogP) is 3.52. The van der Waals surface area contributed by atoms with Crippen molar-refractivity contribution in [3.05, 3.63) is 35.4 Å². The van der Waals surface area contributed by atoms with E-state index in [0.29, 0.717) is 24.4 Å². The summed E-state index contributed by atoms with van der Waals surface area (Å²) in [7, 11) is 0. The molecule has 1 aromatic carbocycles. The molecule has 4 aliphatic rings. The number of hydrogen-bond donors (Lipinski definition) is 1. The zero-order valence-corrected chi connectivity index (χ0v) is 21.6. The Kier molecular flexibility index (Phi) is 8.06. The number of piperidine rings is 1. The quantitative estimate of drug-likeness (QED) is 0.626. The van der Waals surface area contributed by atoms with Crippen LogP contribution in [0.25, 0.3) is 0 Å². The highest BCUT2D eigenvalue weighted by atomic mass is 16.5. The van der Waals surface area contributed by atoms with Gasteiger partial charge in [0.25, 0.3) is 5.91 Å². The zero-order valence-electron chi connectivity index (χ0n) is 21.6. The topological polar surface area (TPSA) is 79.0 Å². The number of carbonyl (C=O) groups is 3. The van der Waals surface area contributed by atoms with Crippen LogP contribution in [0.1, 0.15) is 86.6 Å². The van der Waals surface area contributed by atoms with E-state index in [1.54, 1.807) is 4.90 Å². The normalized spacial score (nSPS) is 26.7. The second-order valence-corrected chi connectivity index (χ2v) is 11.2. The number of nitrogens with zero attached hydrogens (tertiary/aromatic N) is 2. The van der Waals surface area contributed by atoms with E-state index in [9.17, 15) is 14.4 Å². The highest BCUT2D eigenvalue weighted by Crippen LogP contribution is 2.32. The van der Waals surface area contributed by atoms with Crippen LogP contribution in [0.3, 0.4) is 0 Å². The van der Waals surface area contributed by atoms with Crippen molar-refractivity contribution in [2.24, 2.45) is 5.92 Å². The first kappa shape index (κ1) is 25.4. The van der Waals surface area contributed by atoms with E-state index in [1.807, 2.05) is 12.1 Å². The van der Waals surface area contributed by atoms with Crippen LogP contribution in [0, 0.1) is 5.92 Å². The van der Waals surface area contributed by atoms with Gasteiger partial charge in [-0.2, -0.15) is 0 Å². The predicted molar refractivity (Wildman–Crippen MR) is 138 cm³/mol. The number of Topliss-reactive ketones (excluding diaryl/α,β-unsaturated/α-hetero) is 1. The van der Waals surface area contributed by atoms with Crippen LogP contribution in [-0.2, 0) is 14.3 Å². The third-order valence-electron chi connectivity index (χ3n) is 8.84. The van der Waals surface area contributed by atoms with E-state index in [4.69, 9.17) is 4.74 Å². The summed E-state index contributed by atoms with van der Waals surface area (Å²) in [4.78, 5) is 43.7. The summed E-state index contributed by atoms with van der Waals surface area (Å²) in [6.07, 6.45) is 9.19. The van der Waals surface area contributed by atoms with Gasteiger partial charge in [0.1, 0.15) is 18.7 Å². The second kappa shape index (κ2) is 11.4. The van der Waals surface area contributed by atoms with Gasteiger partial charge in [-0.15, -0.1) is 0 Å². The van der Waals surface area contributed by atoms with Gasteiger partial charge in [-0.05, 0) is 87.7 Å². The SMILES string of the molecule is CCCN1CCC(c2ccc(C(=O)N[C@H](C(=O)N3CC[C@H]4OCC(=O)[C@H]43)C3CCCCC3)cc2)CC1. The molecule has 1 aromatic rings. The molecular formula is C29H41N3O4. The summed E-state index contributed by atoms with van der Waals surface area (Å²) in [6.45, 7) is 6.28. The lowest BCUT2D eigenvalue weighted by molar-refractivity contribution is -0.139. The average molecular weight is 496 g/mol. The van der Waals surface area contributed by atoms with E-state index in [0.717, 1.165) is 51.6 Å². The van der Waals surface area contributed by atoms with Crippen molar-refractivity contribution in [1.29, 1.82) is 0 Å². The largest absolute Gasteiger partial charge is 0.368 e. The summed E-state index contributed by atoms with van der Waals surface area (Å²) >= 11 is 0. The summed E-state index contributed by atoms with van der Waals surface area (Å²) in [6, 6.07) is 6.92. The molecule has 3 saturated heterocycles. The maximum Gasteiger partial charge on any atom is 0.251 e. The lowest BCUT2D eigenvalue weighted by Gasteiger charge is -2.34. The molecule has 36 heavy (non-hydrogen) atoms. The van der Waals surface area contributed by atoms with Crippen LogP contribution >= 0.6 is 0 Å². The fourth-order valence-electron chi connectivity index (χ4n) is 6.81. The Hall–Kier alpha value is -2.25. The van der Waals surface area contributed by atoms with E-state index in [2.05, 4.69) is 29.3 Å². The Labute approximate surface area is 214 Å². The van der Waals surface area contributed by atoms with Gasteiger partial charge in [0.05, 0.1) is 6.10 Å². The van der Waals surface area contributed by atoms with Crippen molar-refractivity contribution in [2.75, 3.05) is 32.8 Å². The molecule has 1 aliphatic carbocycles. The Morgan fingerprint density at radius 3 is 2.42 bits per heavy atom. The van der Waals surface area contributed by atoms with Crippen LogP contribution < -0.4 is 5.32 Å². The number of rotatable bonds is 7. The van der Waals surface area contributed by atoms with E-state index in [-0.39, 0.29) is 36.2 Å². The molecule has 0 aromatic heterocycles. The van der Waals surface area contributed by atoms with E-state index >= 15 is 0 Å². The first-order valence-corrected chi connectivity index (χ1v) is 14.1. The summed E-state index contributed by atoms with van der Waals surface area (Å²) in [5.74, 6) is 0.320. The van der Waals surface area contributed by atoms with Crippen LogP contribution in [0.2, 0.25) is 0 Å². The molecule has 3 aliphatic heterocycles. The Balaban J connectivity index is 1.26. The molecule has 1 N–H and O–H groups in total. The second-order valence-electron chi connectivity index (χ2n) is 11.2. The molecule has 2 amide bonds. The molecule has 0 spiro atoms. The third kappa shape index (κ3) is 5.37. The number of hydrogen-bond acceptors (Lipinski definition) is 5. The summed E-state index contributed by atoms with van der Waals surface area (Å²) < 4.78 is 5.59. The van der Waals surface area contributed by atoms with Crippen molar-refractivity contribution in [1.82, 2.24) is 15.1 Å². The van der Waals surface area contributed by atoms with Crippen molar-refractivity contribution in [3.63, 3.8) is 0 Å². The monoisotopic (exact) mass is 495 g/mol. The first-order chi connectivity index (χ1) is 17.5. The smallest absolute Gasteiger partial charge is 0.251 e. The highest BCUT2D eigenvalue weighted by molar-refractivity contribution is 5.99. The van der Waals surface area contributed by atoms with Gasteiger partial charge < -0.3 is 19.9 Å². The number of nitrogens with one attached hydrogen (secondary N) is 1. The Bertz CT molecular complexity index is 934. The van der Waals surface area contributed by atoms with Gasteiger partial charge in [-0.25, -0.2) is 0 Å². The van der Waals surface area contributed by atoms with Gasteiger partial charge in [-0.3, -0.25) is 14.4 Å². The fourth-order valence-corrected chi connectivity index (χ4v) is 6.81. The minimum Gasteiger partial charge on any atom is -0.368 e. The van der Waals surface area contributed by atoms with Crippen molar-refractivity contribution in [3.8, 4) is 0 Å². The summed E-state index contributed by atoms with van der Waals surface area (Å²) in [5.41, 5.74) is 1.89. The van der Waals surface area contributed by atoms with Gasteiger partial charge in [0.15, 0.2) is 5.78 Å². The standard InChI is InChI=1S/C29H41N3O4/c1-2-15-31-16-12-21(13-17-31)20-8-10-23(11-9-20)28(34)30-26(22-6-4-3-5-7-22)29(35)32-18-14-25-27(32)24(33)19-36-25/h8-11,21-22,25-27H,2-7,12-19H2,1H3,(H,30,34)/t25-,26+,27-/m1/s1. The molecule has 5 rings (SSSR count). The molecule has 0 bridgehead atoms. The number of fused-ring (bicyclic) bond motifs is 1. The van der Waals surface area contributed by atoms with E-state index < -0.39 is 12.1 Å². The lowest BCUT2D eigenvalue weighted by atomic mass is 9.83. The van der Waals surface area contributed by atoms with Crippen LogP contribution in [0.4, 0.5) is 0 Å². The number of carbonyl (C=O) groups excluding carboxylic acids is 3. The molecule has 196 valence electrons. The molecule has 7 nitrogen and oxygen atoms in total. The van der Waals surface area contributed by atoms with Gasteiger partial charge in [-0.1, -0.05) is 38.3 Å². The molecule has 3 heterocycles. The first-order valence-electron chi connectivity index (χ1n) is 14.1. The van der Waals surface area contributed by atoms with Crippen molar-refractivity contribution < 1.29 is 19.1 Å². The number of ketones is 1. The van der Waals surface area contributed by atoms with Crippen molar-refractivity contribution in [2.45, 2.75) is 88.8 Å². The van der Waals surface area contributed by atoms with Crippen molar-refractivity contribution >= 4 is 17.6 Å². The maximum atomic E-state index is 13.7. The Morgan fingerprint density at radius 2 is 1.72 bits per heavy atom. The number of amides is 2. The van der Waals surface area contributed by atoms with Gasteiger partial charge in [0.2, 0.25) is 5.91 Å². The average Bonchev–Trinajstić information content (AvgIpc) is 3.51. The van der Waals surface area contributed by atoms with Gasteiger partial charge in [0, 0.05) is 12.1 Å². The number of ether oxygens (including phenoxy) is 1. The molecule has 1 saturated carbocycles. The van der Waals surface area contributed by atoms with Crippen LogP contribution in [0.5, 0.6) is 0 Å². The zero-order chi connectivity index (χ0) is 25.1. The number of likely N-dealkylation sites (tertiary alicyclic amines) is 2. The highest BCUT2D eigenvalue weighted by Gasteiger charge is 2.49. The maximum absolute atomic E-state index is 13.7. The van der Waals surface area contributed by atoms with Crippen LogP contribution in [-0.4, -0.2) is 78.4 Å². The van der Waals surface area contributed by atoms with Gasteiger partial charge >= 0.3 is 0 Å². The fraction of sp³-hybridized carbons (Fsp3) is 0.690. The minimum atomic E-state index is -0.590. The molecule has 0 radical (unpaired) electrons. The minimum absolute atomic E-state index is 0.0179. The Morgan fingerprint density at radius 1 is 1.00 bits per heavy atom. The van der Waals surface area contributed by atoms with E-state index in [1.165, 1.54) is 24.9 Å². The number of benzene rings is 1. The molecule has 3 atom stereocenters. The molecular weight excluding hydrogens is 454 g/mol. The van der Waals surface area contributed by atoms with Crippen LogP contribution in [0.15, 0.2) is 24.3 Å². The third-order valence-corrected chi connectivity index (χ3v) is 8.84. The molecule has 0 unspecified atom stereocenters. The molecule has 4 fully saturated rings.